The largest absolute Gasteiger partial charge is 0.335 e. The second kappa shape index (κ2) is 6.55. The summed E-state index contributed by atoms with van der Waals surface area (Å²) >= 11 is 0. The van der Waals surface area contributed by atoms with Gasteiger partial charge in [-0.25, -0.2) is 4.79 Å². The summed E-state index contributed by atoms with van der Waals surface area (Å²) < 4.78 is 0. The smallest absolute Gasteiger partial charge is 0.322 e. The van der Waals surface area contributed by atoms with Crippen LogP contribution >= 0.6 is 0 Å². The van der Waals surface area contributed by atoms with E-state index < -0.39 is 0 Å². The van der Waals surface area contributed by atoms with Gasteiger partial charge in [-0.2, -0.15) is 0 Å². The van der Waals surface area contributed by atoms with Gasteiger partial charge in [-0.05, 0) is 36.6 Å². The topological polar surface area (TPSA) is 65.5 Å². The zero-order chi connectivity index (χ0) is 17.2. The van der Waals surface area contributed by atoms with Gasteiger partial charge in [0.25, 0.3) is 5.91 Å². The number of benzene rings is 1. The van der Waals surface area contributed by atoms with Crippen LogP contribution in [0, 0.1) is 0 Å². The zero-order valence-corrected chi connectivity index (χ0v) is 13.9. The molecule has 128 valence electrons. The number of hydrogen-bond acceptors (Lipinski definition) is 3. The number of nitrogens with one attached hydrogen (secondary N) is 1. The Balaban J connectivity index is 1.37. The van der Waals surface area contributed by atoms with Gasteiger partial charge >= 0.3 is 6.03 Å². The number of rotatable bonds is 2. The van der Waals surface area contributed by atoms with Crippen molar-refractivity contribution in [3.8, 4) is 0 Å². The fraction of sp³-hybridized carbons (Fsp3) is 0.316. The SMILES string of the molecule is O=C(c1ccccn1)N1CC[C@@H](NC(=O)N2CCc3ccccc32)C1. The third kappa shape index (κ3) is 3.07. The average Bonchev–Trinajstić information content (AvgIpc) is 3.28. The van der Waals surface area contributed by atoms with Gasteiger partial charge in [0, 0.05) is 37.6 Å². The molecule has 0 bridgehead atoms. The minimum absolute atomic E-state index is 0.0204. The number of aromatic nitrogens is 1. The maximum absolute atomic E-state index is 12.6. The van der Waals surface area contributed by atoms with Crippen LogP contribution in [-0.4, -0.2) is 47.5 Å². The Hall–Kier alpha value is -2.89. The maximum atomic E-state index is 12.6. The second-order valence-corrected chi connectivity index (χ2v) is 6.43. The molecule has 0 spiro atoms. The molecule has 1 N–H and O–H groups in total. The highest BCUT2D eigenvalue weighted by Gasteiger charge is 2.31. The molecule has 25 heavy (non-hydrogen) atoms. The number of nitrogens with zero attached hydrogens (tertiary/aromatic N) is 3. The van der Waals surface area contributed by atoms with Crippen molar-refractivity contribution in [2.24, 2.45) is 0 Å². The number of urea groups is 1. The lowest BCUT2D eigenvalue weighted by atomic mass is 10.2. The van der Waals surface area contributed by atoms with E-state index in [2.05, 4.69) is 16.4 Å². The molecule has 2 aromatic rings. The Morgan fingerprint density at radius 1 is 1.08 bits per heavy atom. The van der Waals surface area contributed by atoms with Crippen molar-refractivity contribution in [1.29, 1.82) is 0 Å². The second-order valence-electron chi connectivity index (χ2n) is 6.43. The number of fused-ring (bicyclic) bond motifs is 1. The number of para-hydroxylation sites is 1. The third-order valence-electron chi connectivity index (χ3n) is 4.82. The van der Waals surface area contributed by atoms with Crippen LogP contribution in [-0.2, 0) is 6.42 Å². The molecular formula is C19H20N4O2. The van der Waals surface area contributed by atoms with E-state index in [1.807, 2.05) is 18.2 Å². The summed E-state index contributed by atoms with van der Waals surface area (Å²) in [5.74, 6) is -0.0798. The van der Waals surface area contributed by atoms with Crippen LogP contribution in [0.1, 0.15) is 22.5 Å². The van der Waals surface area contributed by atoms with Gasteiger partial charge in [-0.3, -0.25) is 14.7 Å². The van der Waals surface area contributed by atoms with Crippen molar-refractivity contribution < 1.29 is 9.59 Å². The summed E-state index contributed by atoms with van der Waals surface area (Å²) in [5.41, 5.74) is 2.64. The molecule has 0 saturated carbocycles. The van der Waals surface area contributed by atoms with Crippen molar-refractivity contribution in [1.82, 2.24) is 15.2 Å². The van der Waals surface area contributed by atoms with Crippen LogP contribution in [0.2, 0.25) is 0 Å². The molecule has 0 aliphatic carbocycles. The van der Waals surface area contributed by atoms with Gasteiger partial charge in [-0.1, -0.05) is 24.3 Å². The van der Waals surface area contributed by atoms with Crippen molar-refractivity contribution in [2.45, 2.75) is 18.9 Å². The number of likely N-dealkylation sites (tertiary alicyclic amines) is 1. The number of carbonyl (C=O) groups excluding carboxylic acids is 2. The molecule has 6 heteroatoms. The van der Waals surface area contributed by atoms with Crippen LogP contribution in [0.5, 0.6) is 0 Å². The minimum Gasteiger partial charge on any atom is -0.335 e. The molecule has 2 aliphatic rings. The van der Waals surface area contributed by atoms with E-state index in [-0.39, 0.29) is 18.0 Å². The van der Waals surface area contributed by atoms with Gasteiger partial charge in [0.15, 0.2) is 0 Å². The molecule has 0 radical (unpaired) electrons. The lowest BCUT2D eigenvalue weighted by Crippen LogP contribution is -2.45. The quantitative estimate of drug-likeness (QED) is 0.913. The molecular weight excluding hydrogens is 316 g/mol. The summed E-state index contributed by atoms with van der Waals surface area (Å²) in [7, 11) is 0. The predicted octanol–water partition coefficient (Wildman–Crippen LogP) is 2.07. The Labute approximate surface area is 146 Å². The molecule has 6 nitrogen and oxygen atoms in total. The van der Waals surface area contributed by atoms with Crippen molar-refractivity contribution >= 4 is 17.6 Å². The van der Waals surface area contributed by atoms with Crippen LogP contribution < -0.4 is 10.2 Å². The van der Waals surface area contributed by atoms with Gasteiger partial charge < -0.3 is 10.2 Å². The van der Waals surface area contributed by atoms with Crippen molar-refractivity contribution in [3.63, 3.8) is 0 Å². The third-order valence-corrected chi connectivity index (χ3v) is 4.82. The number of hydrogen-bond donors (Lipinski definition) is 1. The summed E-state index contributed by atoms with van der Waals surface area (Å²) in [6.45, 7) is 1.86. The Morgan fingerprint density at radius 3 is 2.76 bits per heavy atom. The molecule has 1 aromatic carbocycles. The highest BCUT2D eigenvalue weighted by atomic mass is 16.2. The molecule has 1 atom stereocenters. The highest BCUT2D eigenvalue weighted by molar-refractivity contribution is 5.95. The first kappa shape index (κ1) is 15.6. The summed E-state index contributed by atoms with van der Waals surface area (Å²) in [6, 6.07) is 13.2. The molecule has 1 saturated heterocycles. The van der Waals surface area contributed by atoms with Crippen LogP contribution in [0.15, 0.2) is 48.7 Å². The number of carbonyl (C=O) groups is 2. The molecule has 1 aromatic heterocycles. The highest BCUT2D eigenvalue weighted by Crippen LogP contribution is 2.27. The predicted molar refractivity (Wildman–Crippen MR) is 94.6 cm³/mol. The van der Waals surface area contributed by atoms with E-state index in [0.717, 1.165) is 18.5 Å². The first-order chi connectivity index (χ1) is 12.2. The number of anilines is 1. The lowest BCUT2D eigenvalue weighted by molar-refractivity contribution is 0.0783. The van der Waals surface area contributed by atoms with Crippen LogP contribution in [0.4, 0.5) is 10.5 Å². The first-order valence-corrected chi connectivity index (χ1v) is 8.58. The Kier molecular flexibility index (Phi) is 4.09. The fourth-order valence-electron chi connectivity index (χ4n) is 3.52. The molecule has 3 heterocycles. The summed E-state index contributed by atoms with van der Waals surface area (Å²) in [6.07, 6.45) is 3.27. The normalized spacial score (nSPS) is 19.0. The van der Waals surface area contributed by atoms with E-state index in [0.29, 0.717) is 25.3 Å². The van der Waals surface area contributed by atoms with Gasteiger partial charge in [0.05, 0.1) is 0 Å². The monoisotopic (exact) mass is 336 g/mol. The minimum atomic E-state index is -0.0814. The lowest BCUT2D eigenvalue weighted by Gasteiger charge is -2.21. The van der Waals surface area contributed by atoms with Gasteiger partial charge in [-0.15, -0.1) is 0 Å². The van der Waals surface area contributed by atoms with Crippen LogP contribution in [0.3, 0.4) is 0 Å². The van der Waals surface area contributed by atoms with Crippen molar-refractivity contribution in [2.75, 3.05) is 24.5 Å². The molecule has 2 aliphatic heterocycles. The van der Waals surface area contributed by atoms with E-state index in [4.69, 9.17) is 0 Å². The number of amides is 3. The Morgan fingerprint density at radius 2 is 1.92 bits per heavy atom. The molecule has 0 unspecified atom stereocenters. The zero-order valence-electron chi connectivity index (χ0n) is 13.9. The van der Waals surface area contributed by atoms with Crippen LogP contribution in [0.25, 0.3) is 0 Å². The van der Waals surface area contributed by atoms with E-state index >= 15 is 0 Å². The van der Waals surface area contributed by atoms with E-state index in [1.54, 1.807) is 34.2 Å². The van der Waals surface area contributed by atoms with Gasteiger partial charge in [0.1, 0.15) is 5.69 Å². The average molecular weight is 336 g/mol. The Bertz CT molecular complexity index is 793. The van der Waals surface area contributed by atoms with E-state index in [1.165, 1.54) is 5.56 Å². The summed E-state index contributed by atoms with van der Waals surface area (Å²) in [4.78, 5) is 32.7. The van der Waals surface area contributed by atoms with Gasteiger partial charge in [0.2, 0.25) is 0 Å². The maximum Gasteiger partial charge on any atom is 0.322 e. The molecule has 1 fully saturated rings. The van der Waals surface area contributed by atoms with E-state index in [9.17, 15) is 9.59 Å². The summed E-state index contributed by atoms with van der Waals surface area (Å²) in [5, 5.41) is 3.07. The number of pyridine rings is 1. The standard InChI is InChI=1S/C19H20N4O2/c24-18(16-6-3-4-10-20-16)22-11-9-15(13-22)21-19(25)23-12-8-14-5-1-2-7-17(14)23/h1-7,10,15H,8-9,11-13H2,(H,21,25)/t15-/m1/s1. The van der Waals surface area contributed by atoms with Crippen molar-refractivity contribution in [3.05, 3.63) is 59.9 Å². The molecule has 4 rings (SSSR count). The molecule has 3 amide bonds. The first-order valence-electron chi connectivity index (χ1n) is 8.58. The fourth-order valence-corrected chi connectivity index (χ4v) is 3.52.